The van der Waals surface area contributed by atoms with Crippen LogP contribution in [0.1, 0.15) is 22.4 Å². The van der Waals surface area contributed by atoms with Crippen molar-refractivity contribution in [3.63, 3.8) is 0 Å². The molecule has 0 aromatic carbocycles. The maximum atomic E-state index is 11.4. The third-order valence-electron chi connectivity index (χ3n) is 5.13. The molecular formula is C20H28N6O2S. The second kappa shape index (κ2) is 9.71. The summed E-state index contributed by atoms with van der Waals surface area (Å²) in [6, 6.07) is 7.78. The van der Waals surface area contributed by atoms with Crippen molar-refractivity contribution in [3.05, 3.63) is 45.9 Å². The van der Waals surface area contributed by atoms with Crippen molar-refractivity contribution < 1.29 is 9.59 Å². The minimum atomic E-state index is -0.614. The summed E-state index contributed by atoms with van der Waals surface area (Å²) in [5.74, 6) is 5.67. The number of carbonyl (C=O) groups excluding carboxylic acids is 2. The van der Waals surface area contributed by atoms with Crippen molar-refractivity contribution in [2.45, 2.75) is 26.2 Å². The van der Waals surface area contributed by atoms with E-state index in [2.05, 4.69) is 34.1 Å². The lowest BCUT2D eigenvalue weighted by atomic mass is 10.2. The van der Waals surface area contributed by atoms with Crippen molar-refractivity contribution in [2.75, 3.05) is 37.6 Å². The van der Waals surface area contributed by atoms with Crippen LogP contribution in [-0.2, 0) is 24.1 Å². The standard InChI is InChI=1S/C20H28N6O2S/c1-15(27)24-10-12-25(13-11-24)17-4-2-16(23-14-17)3-5-18-6-7-19(29-18)8-9-26(22)20(21)28/h2,4,6-7,14H,3,5,8-13,22H2,1H3,(H2,21,28). The van der Waals surface area contributed by atoms with E-state index in [-0.39, 0.29) is 5.91 Å². The molecule has 0 unspecified atom stereocenters. The summed E-state index contributed by atoms with van der Waals surface area (Å²) in [7, 11) is 0. The molecule has 0 saturated carbocycles. The molecule has 0 aliphatic carbocycles. The minimum Gasteiger partial charge on any atom is -0.367 e. The molecule has 9 heteroatoms. The van der Waals surface area contributed by atoms with Crippen LogP contribution < -0.4 is 16.5 Å². The van der Waals surface area contributed by atoms with Gasteiger partial charge in [0.1, 0.15) is 0 Å². The van der Waals surface area contributed by atoms with Crippen molar-refractivity contribution in [1.82, 2.24) is 14.9 Å². The van der Waals surface area contributed by atoms with Gasteiger partial charge in [0.15, 0.2) is 0 Å². The van der Waals surface area contributed by atoms with Crippen molar-refractivity contribution in [2.24, 2.45) is 11.6 Å². The van der Waals surface area contributed by atoms with Gasteiger partial charge in [0.2, 0.25) is 5.91 Å². The zero-order valence-corrected chi connectivity index (χ0v) is 17.5. The van der Waals surface area contributed by atoms with Gasteiger partial charge in [0, 0.05) is 61.5 Å². The van der Waals surface area contributed by atoms with Gasteiger partial charge in [0.05, 0.1) is 11.9 Å². The van der Waals surface area contributed by atoms with E-state index < -0.39 is 6.03 Å². The van der Waals surface area contributed by atoms with E-state index in [1.54, 1.807) is 18.3 Å². The lowest BCUT2D eigenvalue weighted by Crippen LogP contribution is -2.48. The number of urea groups is 1. The van der Waals surface area contributed by atoms with E-state index >= 15 is 0 Å². The van der Waals surface area contributed by atoms with E-state index in [1.165, 1.54) is 9.75 Å². The summed E-state index contributed by atoms with van der Waals surface area (Å²) in [5.41, 5.74) is 7.30. The van der Waals surface area contributed by atoms with Gasteiger partial charge in [-0.3, -0.25) is 14.8 Å². The monoisotopic (exact) mass is 416 g/mol. The van der Waals surface area contributed by atoms with Crippen LogP contribution in [0.15, 0.2) is 30.5 Å². The molecule has 29 heavy (non-hydrogen) atoms. The number of anilines is 1. The first kappa shape index (κ1) is 21.1. The summed E-state index contributed by atoms with van der Waals surface area (Å²) < 4.78 is 0. The highest BCUT2D eigenvalue weighted by Gasteiger charge is 2.18. The summed E-state index contributed by atoms with van der Waals surface area (Å²) in [5, 5.41) is 1.03. The summed E-state index contributed by atoms with van der Waals surface area (Å²) >= 11 is 1.73. The number of rotatable bonds is 7. The number of amides is 3. The van der Waals surface area contributed by atoms with Crippen LogP contribution in [-0.4, -0.2) is 59.6 Å². The first-order chi connectivity index (χ1) is 13.9. The lowest BCUT2D eigenvalue weighted by molar-refractivity contribution is -0.129. The molecule has 3 amide bonds. The summed E-state index contributed by atoms with van der Waals surface area (Å²) in [6.45, 7) is 5.25. The Hall–Kier alpha value is -2.65. The molecule has 8 nitrogen and oxygen atoms in total. The molecule has 2 aromatic heterocycles. The fourth-order valence-corrected chi connectivity index (χ4v) is 4.32. The quantitative estimate of drug-likeness (QED) is 0.403. The number of carbonyl (C=O) groups is 2. The Bertz CT molecular complexity index is 830. The first-order valence-electron chi connectivity index (χ1n) is 9.77. The molecule has 1 fully saturated rings. The number of aromatic nitrogens is 1. The number of thiophene rings is 1. The minimum absolute atomic E-state index is 0.142. The fourth-order valence-electron chi connectivity index (χ4n) is 3.31. The van der Waals surface area contributed by atoms with Crippen LogP contribution in [0, 0.1) is 0 Å². The predicted octanol–water partition coefficient (Wildman–Crippen LogP) is 1.39. The topological polar surface area (TPSA) is 109 Å². The van der Waals surface area contributed by atoms with E-state index in [1.807, 2.05) is 11.1 Å². The van der Waals surface area contributed by atoms with E-state index in [0.29, 0.717) is 13.0 Å². The SMILES string of the molecule is CC(=O)N1CCN(c2ccc(CCc3ccc(CCN(N)C(N)=O)s3)nc2)CC1. The largest absolute Gasteiger partial charge is 0.367 e. The number of pyridine rings is 1. The molecule has 0 radical (unpaired) electrons. The molecule has 0 bridgehead atoms. The number of nitrogens with zero attached hydrogens (tertiary/aromatic N) is 4. The van der Waals surface area contributed by atoms with E-state index in [4.69, 9.17) is 11.6 Å². The number of primary amides is 1. The summed E-state index contributed by atoms with van der Waals surface area (Å²) in [6.07, 6.45) is 4.44. The number of aryl methyl sites for hydroxylation is 2. The molecule has 3 rings (SSSR count). The molecular weight excluding hydrogens is 388 g/mol. The Morgan fingerprint density at radius 2 is 1.76 bits per heavy atom. The van der Waals surface area contributed by atoms with E-state index in [0.717, 1.165) is 55.4 Å². The van der Waals surface area contributed by atoms with Crippen LogP contribution >= 0.6 is 11.3 Å². The van der Waals surface area contributed by atoms with Crippen LogP contribution in [0.2, 0.25) is 0 Å². The van der Waals surface area contributed by atoms with Gasteiger partial charge < -0.3 is 15.5 Å². The molecule has 1 aliphatic heterocycles. The highest BCUT2D eigenvalue weighted by Crippen LogP contribution is 2.20. The van der Waals surface area contributed by atoms with Crippen molar-refractivity contribution in [1.29, 1.82) is 0 Å². The average molecular weight is 417 g/mol. The predicted molar refractivity (Wildman–Crippen MR) is 115 cm³/mol. The smallest absolute Gasteiger partial charge is 0.328 e. The fraction of sp³-hybridized carbons (Fsp3) is 0.450. The number of hydrogen-bond donors (Lipinski definition) is 2. The van der Waals surface area contributed by atoms with Crippen LogP contribution in [0.25, 0.3) is 0 Å². The molecule has 0 atom stereocenters. The van der Waals surface area contributed by atoms with Gasteiger partial charge >= 0.3 is 6.03 Å². The van der Waals surface area contributed by atoms with Crippen LogP contribution in [0.3, 0.4) is 0 Å². The van der Waals surface area contributed by atoms with E-state index in [9.17, 15) is 9.59 Å². The third kappa shape index (κ3) is 5.91. The van der Waals surface area contributed by atoms with Crippen molar-refractivity contribution in [3.8, 4) is 0 Å². The Morgan fingerprint density at radius 1 is 1.07 bits per heavy atom. The normalized spacial score (nSPS) is 14.1. The second-order valence-electron chi connectivity index (χ2n) is 7.15. The van der Waals surface area contributed by atoms with Gasteiger partial charge in [-0.1, -0.05) is 0 Å². The Kier molecular flexibility index (Phi) is 7.05. The highest BCUT2D eigenvalue weighted by atomic mass is 32.1. The van der Waals surface area contributed by atoms with Gasteiger partial charge in [0.25, 0.3) is 0 Å². The highest BCUT2D eigenvalue weighted by molar-refractivity contribution is 7.12. The molecule has 156 valence electrons. The van der Waals surface area contributed by atoms with Gasteiger partial charge in [-0.2, -0.15) is 0 Å². The van der Waals surface area contributed by atoms with Crippen molar-refractivity contribution >= 4 is 29.0 Å². The number of hydrazine groups is 1. The number of piperazine rings is 1. The molecule has 2 aromatic rings. The Labute approximate surface area is 175 Å². The maximum Gasteiger partial charge on any atom is 0.328 e. The van der Waals surface area contributed by atoms with Crippen LogP contribution in [0.5, 0.6) is 0 Å². The third-order valence-corrected chi connectivity index (χ3v) is 6.33. The maximum absolute atomic E-state index is 11.4. The number of hydrogen-bond acceptors (Lipinski definition) is 6. The summed E-state index contributed by atoms with van der Waals surface area (Å²) in [4.78, 5) is 33.6. The average Bonchev–Trinajstić information content (AvgIpc) is 3.18. The second-order valence-corrected chi connectivity index (χ2v) is 8.40. The zero-order chi connectivity index (χ0) is 20.8. The molecule has 3 heterocycles. The molecule has 1 saturated heterocycles. The molecule has 4 N–H and O–H groups in total. The number of nitrogens with two attached hydrogens (primary N) is 2. The van der Waals surface area contributed by atoms with Gasteiger partial charge in [-0.15, -0.1) is 11.3 Å². The lowest BCUT2D eigenvalue weighted by Gasteiger charge is -2.35. The Balaban J connectivity index is 1.46. The Morgan fingerprint density at radius 3 is 2.34 bits per heavy atom. The molecule has 0 spiro atoms. The van der Waals surface area contributed by atoms with Gasteiger partial charge in [-0.25, -0.2) is 10.6 Å². The van der Waals surface area contributed by atoms with Gasteiger partial charge in [-0.05, 0) is 37.1 Å². The molecule has 1 aliphatic rings. The van der Waals surface area contributed by atoms with Crippen LogP contribution in [0.4, 0.5) is 10.5 Å². The zero-order valence-electron chi connectivity index (χ0n) is 16.7. The first-order valence-corrected chi connectivity index (χ1v) is 10.6.